The molecule has 0 spiro atoms. The molecule has 0 radical (unpaired) electrons. The third-order valence-electron chi connectivity index (χ3n) is 4.55. The SMILES string of the molecule is Cc1cccc(S(=O)(=O)N[C@@H](C)C(=O)N2CCOC(c3ccccc3)C2)c1. The van der Waals surface area contributed by atoms with Crippen LogP contribution >= 0.6 is 0 Å². The van der Waals surface area contributed by atoms with Crippen LogP contribution in [0.5, 0.6) is 0 Å². The Bertz CT molecular complexity index is 899. The summed E-state index contributed by atoms with van der Waals surface area (Å²) in [5.74, 6) is -0.254. The van der Waals surface area contributed by atoms with Crippen molar-refractivity contribution in [1.82, 2.24) is 9.62 Å². The van der Waals surface area contributed by atoms with Crippen LogP contribution in [0.3, 0.4) is 0 Å². The molecule has 2 atom stereocenters. The summed E-state index contributed by atoms with van der Waals surface area (Å²) in [6, 6.07) is 15.5. The van der Waals surface area contributed by atoms with Gasteiger partial charge in [-0.2, -0.15) is 4.72 Å². The summed E-state index contributed by atoms with van der Waals surface area (Å²) >= 11 is 0. The smallest absolute Gasteiger partial charge is 0.241 e. The van der Waals surface area contributed by atoms with Crippen LogP contribution in [-0.4, -0.2) is 45.0 Å². The summed E-state index contributed by atoms with van der Waals surface area (Å²) < 4.78 is 33.4. The molecule has 27 heavy (non-hydrogen) atoms. The molecule has 0 aromatic heterocycles. The molecule has 0 saturated carbocycles. The third-order valence-corrected chi connectivity index (χ3v) is 6.09. The molecule has 144 valence electrons. The van der Waals surface area contributed by atoms with Crippen LogP contribution in [-0.2, 0) is 19.6 Å². The highest BCUT2D eigenvalue weighted by Gasteiger charge is 2.30. The van der Waals surface area contributed by atoms with Crippen molar-refractivity contribution < 1.29 is 17.9 Å². The second-order valence-electron chi connectivity index (χ2n) is 6.71. The van der Waals surface area contributed by atoms with E-state index in [1.54, 1.807) is 24.0 Å². The van der Waals surface area contributed by atoms with Gasteiger partial charge < -0.3 is 9.64 Å². The number of hydrogen-bond donors (Lipinski definition) is 1. The molecule has 1 fully saturated rings. The first kappa shape index (κ1) is 19.5. The van der Waals surface area contributed by atoms with Gasteiger partial charge in [0.15, 0.2) is 0 Å². The van der Waals surface area contributed by atoms with Gasteiger partial charge in [-0.05, 0) is 37.1 Å². The molecule has 0 aliphatic carbocycles. The first-order chi connectivity index (χ1) is 12.9. The zero-order chi connectivity index (χ0) is 19.4. The van der Waals surface area contributed by atoms with E-state index in [2.05, 4.69) is 4.72 Å². The van der Waals surface area contributed by atoms with Crippen molar-refractivity contribution in [2.45, 2.75) is 30.9 Å². The quantitative estimate of drug-likeness (QED) is 0.853. The molecule has 1 heterocycles. The number of carbonyl (C=O) groups is 1. The first-order valence-corrected chi connectivity index (χ1v) is 10.4. The highest BCUT2D eigenvalue weighted by molar-refractivity contribution is 7.89. The van der Waals surface area contributed by atoms with E-state index in [0.717, 1.165) is 11.1 Å². The molecule has 2 aromatic carbocycles. The summed E-state index contributed by atoms with van der Waals surface area (Å²) in [5, 5.41) is 0. The minimum absolute atomic E-state index is 0.159. The van der Waals surface area contributed by atoms with Crippen LogP contribution in [0.4, 0.5) is 0 Å². The van der Waals surface area contributed by atoms with Crippen LogP contribution in [0.1, 0.15) is 24.2 Å². The predicted molar refractivity (Wildman–Crippen MR) is 103 cm³/mol. The van der Waals surface area contributed by atoms with Gasteiger partial charge in [0.05, 0.1) is 24.1 Å². The van der Waals surface area contributed by atoms with Crippen LogP contribution < -0.4 is 4.72 Å². The second kappa shape index (κ2) is 8.21. The lowest BCUT2D eigenvalue weighted by atomic mass is 10.1. The van der Waals surface area contributed by atoms with E-state index in [4.69, 9.17) is 4.74 Å². The molecular weight excluding hydrogens is 364 g/mol. The van der Waals surface area contributed by atoms with Crippen molar-refractivity contribution in [2.24, 2.45) is 0 Å². The molecule has 0 bridgehead atoms. The maximum Gasteiger partial charge on any atom is 0.241 e. The lowest BCUT2D eigenvalue weighted by molar-refractivity contribution is -0.140. The third kappa shape index (κ3) is 4.74. The Morgan fingerprint density at radius 3 is 2.63 bits per heavy atom. The van der Waals surface area contributed by atoms with Crippen LogP contribution in [0.2, 0.25) is 0 Å². The van der Waals surface area contributed by atoms with Gasteiger partial charge in [-0.3, -0.25) is 4.79 Å². The minimum Gasteiger partial charge on any atom is -0.370 e. The summed E-state index contributed by atoms with van der Waals surface area (Å²) in [4.78, 5) is 14.6. The van der Waals surface area contributed by atoms with Crippen molar-refractivity contribution >= 4 is 15.9 Å². The number of rotatable bonds is 5. The molecule has 7 heteroatoms. The predicted octanol–water partition coefficient (Wildman–Crippen LogP) is 2.26. The fourth-order valence-electron chi connectivity index (χ4n) is 3.13. The fraction of sp³-hybridized carbons (Fsp3) is 0.350. The number of hydrogen-bond acceptors (Lipinski definition) is 4. The van der Waals surface area contributed by atoms with Crippen molar-refractivity contribution in [3.05, 3.63) is 65.7 Å². The van der Waals surface area contributed by atoms with Crippen molar-refractivity contribution in [3.63, 3.8) is 0 Å². The summed E-state index contributed by atoms with van der Waals surface area (Å²) in [7, 11) is -3.76. The van der Waals surface area contributed by atoms with Gasteiger partial charge in [-0.25, -0.2) is 8.42 Å². The standard InChI is InChI=1S/C20H24N2O4S/c1-15-7-6-10-18(13-15)27(24,25)21-16(2)20(23)22-11-12-26-19(14-22)17-8-4-3-5-9-17/h3-10,13,16,19,21H,11-12,14H2,1-2H3/t16-,19?/m0/s1. The van der Waals surface area contributed by atoms with E-state index in [1.807, 2.05) is 43.3 Å². The number of sulfonamides is 1. The number of ether oxygens (including phenoxy) is 1. The second-order valence-corrected chi connectivity index (χ2v) is 8.43. The molecule has 1 unspecified atom stereocenters. The molecular formula is C20H24N2O4S. The number of nitrogens with one attached hydrogen (secondary N) is 1. The molecule has 2 aromatic rings. The Morgan fingerprint density at radius 1 is 1.19 bits per heavy atom. The fourth-order valence-corrected chi connectivity index (χ4v) is 4.43. The van der Waals surface area contributed by atoms with Crippen molar-refractivity contribution in [1.29, 1.82) is 0 Å². The highest BCUT2D eigenvalue weighted by atomic mass is 32.2. The molecule has 1 N–H and O–H groups in total. The molecule has 1 saturated heterocycles. The van der Waals surface area contributed by atoms with E-state index >= 15 is 0 Å². The Labute approximate surface area is 160 Å². The monoisotopic (exact) mass is 388 g/mol. The van der Waals surface area contributed by atoms with E-state index in [0.29, 0.717) is 19.7 Å². The van der Waals surface area contributed by atoms with Crippen molar-refractivity contribution in [2.75, 3.05) is 19.7 Å². The van der Waals surface area contributed by atoms with E-state index in [-0.39, 0.29) is 16.9 Å². The Kier molecular flexibility index (Phi) is 5.94. The topological polar surface area (TPSA) is 75.7 Å². The largest absolute Gasteiger partial charge is 0.370 e. The Balaban J connectivity index is 1.68. The normalized spacial score (nSPS) is 18.9. The van der Waals surface area contributed by atoms with Gasteiger partial charge in [-0.1, -0.05) is 42.5 Å². The zero-order valence-electron chi connectivity index (χ0n) is 15.5. The van der Waals surface area contributed by atoms with Gasteiger partial charge in [0.2, 0.25) is 15.9 Å². The first-order valence-electron chi connectivity index (χ1n) is 8.91. The Morgan fingerprint density at radius 2 is 1.93 bits per heavy atom. The van der Waals surface area contributed by atoms with Gasteiger partial charge in [0.1, 0.15) is 6.10 Å². The number of benzene rings is 2. The molecule has 1 aliphatic heterocycles. The highest BCUT2D eigenvalue weighted by Crippen LogP contribution is 2.22. The van der Waals surface area contributed by atoms with Gasteiger partial charge in [0.25, 0.3) is 0 Å². The lowest BCUT2D eigenvalue weighted by Gasteiger charge is -2.34. The number of morpholine rings is 1. The molecule has 1 aliphatic rings. The summed E-state index contributed by atoms with van der Waals surface area (Å²) in [6.07, 6.45) is -0.204. The van der Waals surface area contributed by atoms with Crippen LogP contribution in [0.15, 0.2) is 59.5 Å². The van der Waals surface area contributed by atoms with Crippen LogP contribution in [0, 0.1) is 6.92 Å². The lowest BCUT2D eigenvalue weighted by Crippen LogP contribution is -2.51. The Hall–Kier alpha value is -2.22. The zero-order valence-corrected chi connectivity index (χ0v) is 16.3. The van der Waals surface area contributed by atoms with E-state index < -0.39 is 16.1 Å². The van der Waals surface area contributed by atoms with Gasteiger partial charge in [0, 0.05) is 6.54 Å². The van der Waals surface area contributed by atoms with Crippen molar-refractivity contribution in [3.8, 4) is 0 Å². The number of carbonyl (C=O) groups excluding carboxylic acids is 1. The number of nitrogens with zero attached hydrogens (tertiary/aromatic N) is 1. The summed E-state index contributed by atoms with van der Waals surface area (Å²) in [6.45, 7) is 4.66. The summed E-state index contributed by atoms with van der Waals surface area (Å²) in [5.41, 5.74) is 1.85. The number of amides is 1. The van der Waals surface area contributed by atoms with Gasteiger partial charge in [-0.15, -0.1) is 0 Å². The maximum atomic E-state index is 12.8. The average Bonchev–Trinajstić information content (AvgIpc) is 2.68. The maximum absolute atomic E-state index is 12.8. The molecule has 6 nitrogen and oxygen atoms in total. The molecule has 1 amide bonds. The molecule has 3 rings (SSSR count). The van der Waals surface area contributed by atoms with Gasteiger partial charge >= 0.3 is 0 Å². The average molecular weight is 388 g/mol. The van der Waals surface area contributed by atoms with E-state index in [9.17, 15) is 13.2 Å². The number of aryl methyl sites for hydroxylation is 1. The van der Waals surface area contributed by atoms with Crippen LogP contribution in [0.25, 0.3) is 0 Å². The minimum atomic E-state index is -3.76. The van der Waals surface area contributed by atoms with E-state index in [1.165, 1.54) is 6.07 Å².